The molecule has 1 unspecified atom stereocenters. The zero-order valence-corrected chi connectivity index (χ0v) is 11.1. The number of nitrogens with two attached hydrogens (primary N) is 1. The number of hydrogen-bond acceptors (Lipinski definition) is 2. The van der Waals surface area contributed by atoms with E-state index in [1.165, 1.54) is 24.3 Å². The molecule has 2 nitrogen and oxygen atoms in total. The van der Waals surface area contributed by atoms with E-state index in [4.69, 9.17) is 17.4 Å². The molecule has 0 spiro atoms. The molecule has 0 fully saturated rings. The molecule has 0 aromatic heterocycles. The Kier molecular flexibility index (Phi) is 4.65. The lowest BCUT2D eigenvalue weighted by Crippen LogP contribution is -2.29. The van der Waals surface area contributed by atoms with Gasteiger partial charge in [-0.25, -0.2) is 13.2 Å². The van der Waals surface area contributed by atoms with Crippen LogP contribution in [0.1, 0.15) is 17.2 Å². The molecule has 2 rings (SSSR count). The highest BCUT2D eigenvalue weighted by atomic mass is 35.5. The zero-order valence-electron chi connectivity index (χ0n) is 10.3. The molecule has 0 saturated carbocycles. The van der Waals surface area contributed by atoms with Crippen LogP contribution in [0, 0.1) is 17.5 Å². The third-order valence-electron chi connectivity index (χ3n) is 2.98. The first-order valence-corrected chi connectivity index (χ1v) is 6.24. The van der Waals surface area contributed by atoms with Crippen molar-refractivity contribution in [3.8, 4) is 0 Å². The Balaban J connectivity index is 2.28. The van der Waals surface area contributed by atoms with Gasteiger partial charge in [-0.15, -0.1) is 0 Å². The van der Waals surface area contributed by atoms with Gasteiger partial charge in [0.25, 0.3) is 0 Å². The molecule has 0 aliphatic heterocycles. The lowest BCUT2D eigenvalue weighted by molar-refractivity contribution is 0.497. The van der Waals surface area contributed by atoms with Crippen molar-refractivity contribution in [2.45, 2.75) is 12.5 Å². The van der Waals surface area contributed by atoms with Gasteiger partial charge in [-0.05, 0) is 47.9 Å². The largest absolute Gasteiger partial charge is 0.271 e. The van der Waals surface area contributed by atoms with E-state index in [1.807, 2.05) is 0 Å². The first-order valence-electron chi connectivity index (χ1n) is 5.86. The molecule has 0 aliphatic rings. The molecule has 3 N–H and O–H groups in total. The Bertz CT molecular complexity index is 619. The summed E-state index contributed by atoms with van der Waals surface area (Å²) in [5.41, 5.74) is 3.47. The molecule has 0 saturated heterocycles. The Labute approximate surface area is 119 Å². The van der Waals surface area contributed by atoms with Crippen LogP contribution in [0.15, 0.2) is 36.4 Å². The number of benzene rings is 2. The van der Waals surface area contributed by atoms with Gasteiger partial charge in [0.1, 0.15) is 5.82 Å². The van der Waals surface area contributed by atoms with Crippen molar-refractivity contribution in [2.24, 2.45) is 5.84 Å². The van der Waals surface area contributed by atoms with Gasteiger partial charge in [0.2, 0.25) is 0 Å². The summed E-state index contributed by atoms with van der Waals surface area (Å²) in [6.07, 6.45) is 0.248. The highest BCUT2D eigenvalue weighted by molar-refractivity contribution is 6.31. The minimum absolute atomic E-state index is 0.248. The average Bonchev–Trinajstić information content (AvgIpc) is 2.43. The lowest BCUT2D eigenvalue weighted by atomic mass is 9.99. The van der Waals surface area contributed by atoms with E-state index in [0.717, 1.165) is 12.1 Å². The molecule has 20 heavy (non-hydrogen) atoms. The van der Waals surface area contributed by atoms with Crippen LogP contribution in [-0.4, -0.2) is 0 Å². The first kappa shape index (κ1) is 14.8. The van der Waals surface area contributed by atoms with Crippen molar-refractivity contribution >= 4 is 11.6 Å². The summed E-state index contributed by atoms with van der Waals surface area (Å²) >= 11 is 5.97. The highest BCUT2D eigenvalue weighted by Gasteiger charge is 2.15. The van der Waals surface area contributed by atoms with Crippen LogP contribution in [0.3, 0.4) is 0 Å². The van der Waals surface area contributed by atoms with Crippen molar-refractivity contribution in [3.63, 3.8) is 0 Å². The Hall–Kier alpha value is -1.56. The predicted octanol–water partition coefficient (Wildman–Crippen LogP) is 3.50. The van der Waals surface area contributed by atoms with Gasteiger partial charge in [0.15, 0.2) is 11.6 Å². The van der Waals surface area contributed by atoms with Gasteiger partial charge >= 0.3 is 0 Å². The van der Waals surface area contributed by atoms with Crippen molar-refractivity contribution < 1.29 is 13.2 Å². The molecular weight excluding hydrogens is 289 g/mol. The fourth-order valence-corrected chi connectivity index (χ4v) is 2.12. The fraction of sp³-hybridized carbons (Fsp3) is 0.143. The molecule has 1 atom stereocenters. The molecule has 2 aromatic carbocycles. The van der Waals surface area contributed by atoms with Crippen LogP contribution in [0.25, 0.3) is 0 Å². The molecule has 0 bridgehead atoms. The number of nitrogens with one attached hydrogen (secondary N) is 1. The Morgan fingerprint density at radius 1 is 1.05 bits per heavy atom. The summed E-state index contributed by atoms with van der Waals surface area (Å²) in [5, 5.41) is 0.384. The maximum atomic E-state index is 13.2. The average molecular weight is 301 g/mol. The summed E-state index contributed by atoms with van der Waals surface area (Å²) in [7, 11) is 0. The van der Waals surface area contributed by atoms with E-state index in [9.17, 15) is 13.2 Å². The SMILES string of the molecule is NNC(Cc1cc(F)ccc1Cl)c1ccc(F)c(F)c1. The molecule has 0 aliphatic carbocycles. The van der Waals surface area contributed by atoms with Gasteiger partial charge in [0, 0.05) is 5.02 Å². The molecule has 106 valence electrons. The van der Waals surface area contributed by atoms with Crippen LogP contribution in [-0.2, 0) is 6.42 Å². The van der Waals surface area contributed by atoms with Gasteiger partial charge in [-0.3, -0.25) is 11.3 Å². The van der Waals surface area contributed by atoms with Crippen LogP contribution >= 0.6 is 11.6 Å². The van der Waals surface area contributed by atoms with Crippen molar-refractivity contribution in [1.82, 2.24) is 5.43 Å². The van der Waals surface area contributed by atoms with Crippen molar-refractivity contribution in [1.29, 1.82) is 0 Å². The third kappa shape index (κ3) is 3.30. The minimum atomic E-state index is -0.965. The monoisotopic (exact) mass is 300 g/mol. The maximum absolute atomic E-state index is 13.2. The normalized spacial score (nSPS) is 12.4. The molecule has 2 aromatic rings. The van der Waals surface area contributed by atoms with E-state index >= 15 is 0 Å². The summed E-state index contributed by atoms with van der Waals surface area (Å²) in [6.45, 7) is 0. The van der Waals surface area contributed by atoms with E-state index in [1.54, 1.807) is 0 Å². The topological polar surface area (TPSA) is 38.0 Å². The first-order chi connectivity index (χ1) is 9.51. The number of rotatable bonds is 4. The van der Waals surface area contributed by atoms with Gasteiger partial charge in [-0.1, -0.05) is 17.7 Å². The molecule has 0 radical (unpaired) electrons. The Morgan fingerprint density at radius 3 is 2.45 bits per heavy atom. The van der Waals surface area contributed by atoms with Crippen LogP contribution in [0.4, 0.5) is 13.2 Å². The third-order valence-corrected chi connectivity index (χ3v) is 3.35. The number of hydrogen-bond donors (Lipinski definition) is 2. The van der Waals surface area contributed by atoms with E-state index in [-0.39, 0.29) is 6.42 Å². The van der Waals surface area contributed by atoms with Crippen LogP contribution in [0.2, 0.25) is 5.02 Å². The molecule has 6 heteroatoms. The maximum Gasteiger partial charge on any atom is 0.159 e. The smallest absolute Gasteiger partial charge is 0.159 e. The van der Waals surface area contributed by atoms with Crippen molar-refractivity contribution in [2.75, 3.05) is 0 Å². The fourth-order valence-electron chi connectivity index (χ4n) is 1.92. The van der Waals surface area contributed by atoms with Crippen LogP contribution < -0.4 is 11.3 Å². The molecular formula is C14H12ClF3N2. The van der Waals surface area contributed by atoms with Gasteiger partial charge < -0.3 is 0 Å². The summed E-state index contributed by atoms with van der Waals surface area (Å²) in [5.74, 6) is 3.10. The van der Waals surface area contributed by atoms with Gasteiger partial charge in [-0.2, -0.15) is 0 Å². The second-order valence-electron chi connectivity index (χ2n) is 4.33. The standard InChI is InChI=1S/C14H12ClF3N2/c15-11-3-2-10(16)5-9(11)7-14(20-19)8-1-4-12(17)13(18)6-8/h1-6,14,20H,7,19H2. The second kappa shape index (κ2) is 6.26. The zero-order chi connectivity index (χ0) is 14.7. The predicted molar refractivity (Wildman–Crippen MR) is 71.5 cm³/mol. The van der Waals surface area contributed by atoms with Crippen LogP contribution in [0.5, 0.6) is 0 Å². The Morgan fingerprint density at radius 2 is 1.80 bits per heavy atom. The quantitative estimate of drug-likeness (QED) is 0.670. The summed E-state index contributed by atoms with van der Waals surface area (Å²) in [4.78, 5) is 0. The van der Waals surface area contributed by atoms with E-state index < -0.39 is 23.5 Å². The van der Waals surface area contributed by atoms with Crippen molar-refractivity contribution in [3.05, 3.63) is 70.0 Å². The summed E-state index contributed by atoms with van der Waals surface area (Å²) < 4.78 is 39.3. The van der Waals surface area contributed by atoms with Gasteiger partial charge in [0.05, 0.1) is 6.04 Å². The van der Waals surface area contributed by atoms with E-state index in [2.05, 4.69) is 5.43 Å². The van der Waals surface area contributed by atoms with E-state index in [0.29, 0.717) is 16.1 Å². The highest BCUT2D eigenvalue weighted by Crippen LogP contribution is 2.25. The molecule has 0 heterocycles. The second-order valence-corrected chi connectivity index (χ2v) is 4.74. The molecule has 0 amide bonds. The summed E-state index contributed by atoms with van der Waals surface area (Å²) in [6, 6.07) is 6.93. The number of halogens is 4. The number of hydrazine groups is 1. The minimum Gasteiger partial charge on any atom is -0.271 e. The lowest BCUT2D eigenvalue weighted by Gasteiger charge is -2.17.